The van der Waals surface area contributed by atoms with E-state index in [9.17, 15) is 12.8 Å². The number of primary sulfonamides is 1. The highest BCUT2D eigenvalue weighted by molar-refractivity contribution is 7.89. The van der Waals surface area contributed by atoms with Crippen molar-refractivity contribution >= 4 is 10.0 Å². The van der Waals surface area contributed by atoms with Crippen molar-refractivity contribution in [2.45, 2.75) is 31.3 Å². The molecular weight excluding hydrogens is 273 g/mol. The monoisotopic (exact) mass is 291 g/mol. The Morgan fingerprint density at radius 3 is 2.42 bits per heavy atom. The number of benzene rings is 1. The minimum atomic E-state index is -4.03. The first kappa shape index (κ1) is 15.9. The average Bonchev–Trinajstić information content (AvgIpc) is 2.23. The third-order valence-corrected chi connectivity index (χ3v) is 3.02. The van der Waals surface area contributed by atoms with Crippen LogP contribution in [-0.2, 0) is 14.8 Å². The molecule has 0 unspecified atom stereocenters. The number of nitrogens with two attached hydrogens (primary N) is 1. The maximum absolute atomic E-state index is 13.0. The van der Waals surface area contributed by atoms with Gasteiger partial charge in [0.05, 0.1) is 12.2 Å². The summed E-state index contributed by atoms with van der Waals surface area (Å²) in [5.41, 5.74) is -0.311. The normalized spacial score (nSPS) is 12.5. The molecule has 0 aromatic heterocycles. The molecule has 0 radical (unpaired) electrons. The van der Waals surface area contributed by atoms with Crippen LogP contribution in [0.5, 0.6) is 5.75 Å². The molecule has 2 N–H and O–H groups in total. The summed E-state index contributed by atoms with van der Waals surface area (Å²) in [6.07, 6.45) is 0. The van der Waals surface area contributed by atoms with Crippen molar-refractivity contribution in [3.63, 3.8) is 0 Å². The molecule has 1 aromatic carbocycles. The van der Waals surface area contributed by atoms with Gasteiger partial charge < -0.3 is 9.47 Å². The van der Waals surface area contributed by atoms with Gasteiger partial charge in [0.2, 0.25) is 10.0 Å². The van der Waals surface area contributed by atoms with Crippen molar-refractivity contribution < 1.29 is 22.3 Å². The number of halogens is 1. The van der Waals surface area contributed by atoms with Crippen LogP contribution in [0.15, 0.2) is 23.1 Å². The third-order valence-electron chi connectivity index (χ3n) is 2.09. The van der Waals surface area contributed by atoms with E-state index in [1.54, 1.807) is 0 Å². The molecule has 7 heteroatoms. The summed E-state index contributed by atoms with van der Waals surface area (Å²) in [5, 5.41) is 4.99. The van der Waals surface area contributed by atoms with E-state index in [1.807, 2.05) is 20.8 Å². The third kappa shape index (κ3) is 5.54. The Balaban J connectivity index is 2.74. The highest BCUT2D eigenvalue weighted by Crippen LogP contribution is 2.23. The summed E-state index contributed by atoms with van der Waals surface area (Å²) >= 11 is 0. The molecule has 0 aliphatic rings. The molecule has 108 valence electrons. The van der Waals surface area contributed by atoms with Crippen molar-refractivity contribution in [1.82, 2.24) is 0 Å². The quantitative estimate of drug-likeness (QED) is 0.837. The van der Waals surface area contributed by atoms with E-state index in [1.165, 1.54) is 6.07 Å². The molecule has 0 bridgehead atoms. The molecule has 0 saturated carbocycles. The first-order chi connectivity index (χ1) is 8.59. The number of hydrogen-bond donors (Lipinski definition) is 1. The Morgan fingerprint density at radius 1 is 1.26 bits per heavy atom. The Kier molecular flexibility index (Phi) is 4.89. The second-order valence-corrected chi connectivity index (χ2v) is 6.48. The second kappa shape index (κ2) is 5.85. The summed E-state index contributed by atoms with van der Waals surface area (Å²) in [5.74, 6) is -0.677. The van der Waals surface area contributed by atoms with Gasteiger partial charge in [0, 0.05) is 0 Å². The number of hydrogen-bond acceptors (Lipinski definition) is 4. The largest absolute Gasteiger partial charge is 0.490 e. The second-order valence-electron chi connectivity index (χ2n) is 4.95. The van der Waals surface area contributed by atoms with Crippen LogP contribution < -0.4 is 9.88 Å². The summed E-state index contributed by atoms with van der Waals surface area (Å²) < 4.78 is 46.3. The van der Waals surface area contributed by atoms with Gasteiger partial charge in [-0.1, -0.05) is 0 Å². The molecule has 0 heterocycles. The molecule has 1 aromatic rings. The van der Waals surface area contributed by atoms with Gasteiger partial charge in [0.15, 0.2) is 0 Å². The lowest BCUT2D eigenvalue weighted by Gasteiger charge is -2.19. The van der Waals surface area contributed by atoms with Gasteiger partial charge in [0.1, 0.15) is 23.1 Å². The van der Waals surface area contributed by atoms with Gasteiger partial charge in [-0.25, -0.2) is 17.9 Å². The Bertz CT molecular complexity index is 537. The Morgan fingerprint density at radius 2 is 1.89 bits per heavy atom. The minimum Gasteiger partial charge on any atom is -0.490 e. The standard InChI is InChI=1S/C12H18FNO4S/c1-12(2,3)18-7-6-17-10-5-4-9(13)8-11(10)19(14,15)16/h4-5,8H,6-7H2,1-3H3,(H2,14,15,16). The highest BCUT2D eigenvalue weighted by atomic mass is 32.2. The summed E-state index contributed by atoms with van der Waals surface area (Å²) in [4.78, 5) is -0.372. The molecular formula is C12H18FNO4S. The smallest absolute Gasteiger partial charge is 0.241 e. The van der Waals surface area contributed by atoms with Crippen LogP contribution in [0.25, 0.3) is 0 Å². The van der Waals surface area contributed by atoms with E-state index < -0.39 is 15.8 Å². The lowest BCUT2D eigenvalue weighted by atomic mass is 10.2. The fourth-order valence-corrected chi connectivity index (χ4v) is 2.01. The molecule has 0 spiro atoms. The van der Waals surface area contributed by atoms with E-state index in [2.05, 4.69) is 0 Å². The zero-order chi connectivity index (χ0) is 14.7. The van der Waals surface area contributed by atoms with Crippen LogP contribution in [-0.4, -0.2) is 27.2 Å². The van der Waals surface area contributed by atoms with Gasteiger partial charge in [-0.05, 0) is 39.0 Å². The van der Waals surface area contributed by atoms with E-state index >= 15 is 0 Å². The predicted octanol–water partition coefficient (Wildman–Crippen LogP) is 1.67. The van der Waals surface area contributed by atoms with Gasteiger partial charge in [-0.15, -0.1) is 0 Å². The van der Waals surface area contributed by atoms with Crippen molar-refractivity contribution in [1.29, 1.82) is 0 Å². The van der Waals surface area contributed by atoms with E-state index in [0.717, 1.165) is 12.1 Å². The van der Waals surface area contributed by atoms with Crippen LogP contribution in [0.3, 0.4) is 0 Å². The molecule has 19 heavy (non-hydrogen) atoms. The summed E-state index contributed by atoms with van der Waals surface area (Å²) in [6.45, 7) is 6.10. The van der Waals surface area contributed by atoms with Crippen molar-refractivity contribution in [2.75, 3.05) is 13.2 Å². The van der Waals surface area contributed by atoms with Crippen molar-refractivity contribution in [3.05, 3.63) is 24.0 Å². The Hall–Kier alpha value is -1.18. The maximum atomic E-state index is 13.0. The fourth-order valence-electron chi connectivity index (χ4n) is 1.32. The highest BCUT2D eigenvalue weighted by Gasteiger charge is 2.17. The average molecular weight is 291 g/mol. The molecule has 0 saturated heterocycles. The van der Waals surface area contributed by atoms with E-state index in [-0.39, 0.29) is 29.5 Å². The summed E-state index contributed by atoms with van der Waals surface area (Å²) in [6, 6.07) is 3.16. The zero-order valence-electron chi connectivity index (χ0n) is 11.1. The zero-order valence-corrected chi connectivity index (χ0v) is 12.0. The summed E-state index contributed by atoms with van der Waals surface area (Å²) in [7, 11) is -4.03. The SMILES string of the molecule is CC(C)(C)OCCOc1ccc(F)cc1S(N)(=O)=O. The molecule has 0 aliphatic carbocycles. The fraction of sp³-hybridized carbons (Fsp3) is 0.500. The lowest BCUT2D eigenvalue weighted by Crippen LogP contribution is -2.23. The topological polar surface area (TPSA) is 78.6 Å². The minimum absolute atomic E-state index is 0.0152. The van der Waals surface area contributed by atoms with Crippen molar-refractivity contribution in [2.24, 2.45) is 5.14 Å². The lowest BCUT2D eigenvalue weighted by molar-refractivity contribution is -0.0166. The van der Waals surface area contributed by atoms with Crippen LogP contribution >= 0.6 is 0 Å². The molecule has 0 amide bonds. The molecule has 0 aliphatic heterocycles. The molecule has 0 atom stereocenters. The van der Waals surface area contributed by atoms with Gasteiger partial charge in [-0.3, -0.25) is 0 Å². The van der Waals surface area contributed by atoms with Crippen LogP contribution in [0.1, 0.15) is 20.8 Å². The Labute approximate surface area is 112 Å². The number of sulfonamides is 1. The van der Waals surface area contributed by atoms with Gasteiger partial charge in [-0.2, -0.15) is 0 Å². The molecule has 1 rings (SSSR count). The number of ether oxygens (including phenoxy) is 2. The van der Waals surface area contributed by atoms with Gasteiger partial charge in [0.25, 0.3) is 0 Å². The first-order valence-corrected chi connectivity index (χ1v) is 7.23. The van der Waals surface area contributed by atoms with Crippen LogP contribution in [0, 0.1) is 5.82 Å². The molecule has 0 fully saturated rings. The van der Waals surface area contributed by atoms with E-state index in [0.29, 0.717) is 0 Å². The maximum Gasteiger partial charge on any atom is 0.241 e. The first-order valence-electron chi connectivity index (χ1n) is 5.69. The van der Waals surface area contributed by atoms with Crippen molar-refractivity contribution in [3.8, 4) is 5.75 Å². The van der Waals surface area contributed by atoms with Crippen LogP contribution in [0.2, 0.25) is 0 Å². The van der Waals surface area contributed by atoms with E-state index in [4.69, 9.17) is 14.6 Å². The van der Waals surface area contributed by atoms with Gasteiger partial charge >= 0.3 is 0 Å². The predicted molar refractivity (Wildman–Crippen MR) is 69.0 cm³/mol. The molecule has 5 nitrogen and oxygen atoms in total. The van der Waals surface area contributed by atoms with Crippen LogP contribution in [0.4, 0.5) is 4.39 Å². The number of rotatable bonds is 5.